The molecule has 0 aromatic heterocycles. The molecule has 1 aromatic carbocycles. The van der Waals surface area contributed by atoms with Crippen LogP contribution in [0.3, 0.4) is 0 Å². The summed E-state index contributed by atoms with van der Waals surface area (Å²) in [4.78, 5) is 14.5. The second-order valence-electron chi connectivity index (χ2n) is 6.32. The molecule has 5 nitrogen and oxygen atoms in total. The minimum absolute atomic E-state index is 0.0467. The lowest BCUT2D eigenvalue weighted by atomic mass is 10.0. The first-order valence-electron chi connectivity index (χ1n) is 7.51. The smallest absolute Gasteiger partial charge is 0.227 e. The Bertz CT molecular complexity index is 541. The molecule has 5 heteroatoms. The Morgan fingerprint density at radius 2 is 2.09 bits per heavy atom. The molecule has 22 heavy (non-hydrogen) atoms. The molecule has 1 aliphatic heterocycles. The highest BCUT2D eigenvalue weighted by atomic mass is 16.5. The number of benzene rings is 1. The Morgan fingerprint density at radius 3 is 2.68 bits per heavy atom. The zero-order chi connectivity index (χ0) is 16.3. The van der Waals surface area contributed by atoms with Gasteiger partial charge in [0.05, 0.1) is 32.3 Å². The third-order valence-corrected chi connectivity index (χ3v) is 3.76. The maximum absolute atomic E-state index is 12.6. The van der Waals surface area contributed by atoms with E-state index in [1.54, 1.807) is 20.3 Å². The highest BCUT2D eigenvalue weighted by Crippen LogP contribution is 2.26. The number of hydrogen-bond donors (Lipinski definition) is 0. The summed E-state index contributed by atoms with van der Waals surface area (Å²) in [6.07, 6.45) is 0.362. The van der Waals surface area contributed by atoms with Crippen LogP contribution in [-0.4, -0.2) is 49.8 Å². The van der Waals surface area contributed by atoms with Crippen LogP contribution in [0.15, 0.2) is 18.2 Å². The minimum Gasteiger partial charge on any atom is -0.497 e. The fourth-order valence-corrected chi connectivity index (χ4v) is 2.92. The van der Waals surface area contributed by atoms with Crippen LogP contribution in [0.4, 0.5) is 0 Å². The lowest BCUT2D eigenvalue weighted by Crippen LogP contribution is -2.54. The van der Waals surface area contributed by atoms with Crippen LogP contribution in [0, 0.1) is 0 Å². The number of ether oxygens (including phenoxy) is 3. The number of nitrogens with zero attached hydrogens (tertiary/aromatic N) is 1. The summed E-state index contributed by atoms with van der Waals surface area (Å²) in [7, 11) is 3.21. The Hall–Kier alpha value is -1.75. The zero-order valence-corrected chi connectivity index (χ0v) is 14.0. The Balaban J connectivity index is 2.11. The van der Waals surface area contributed by atoms with E-state index in [1.165, 1.54) is 0 Å². The maximum Gasteiger partial charge on any atom is 0.227 e. The second kappa shape index (κ2) is 6.57. The molecule has 1 heterocycles. The van der Waals surface area contributed by atoms with Gasteiger partial charge in [-0.1, -0.05) is 6.07 Å². The maximum atomic E-state index is 12.6. The van der Waals surface area contributed by atoms with Gasteiger partial charge in [-0.05, 0) is 26.8 Å². The average Bonchev–Trinajstić information content (AvgIpc) is 2.45. The van der Waals surface area contributed by atoms with E-state index >= 15 is 0 Å². The molecular weight excluding hydrogens is 282 g/mol. The molecule has 0 bridgehead atoms. The quantitative estimate of drug-likeness (QED) is 0.856. The van der Waals surface area contributed by atoms with Gasteiger partial charge in [-0.15, -0.1) is 0 Å². The van der Waals surface area contributed by atoms with Crippen LogP contribution in [0.2, 0.25) is 0 Å². The number of methoxy groups -OCH3 is 2. The molecule has 0 radical (unpaired) electrons. The molecule has 0 spiro atoms. The first kappa shape index (κ1) is 16.6. The number of carbonyl (C=O) groups is 1. The first-order valence-corrected chi connectivity index (χ1v) is 7.51. The van der Waals surface area contributed by atoms with E-state index in [-0.39, 0.29) is 17.6 Å². The number of hydrogen-bond acceptors (Lipinski definition) is 4. The van der Waals surface area contributed by atoms with Crippen LogP contribution in [0.5, 0.6) is 11.5 Å². The van der Waals surface area contributed by atoms with Gasteiger partial charge in [-0.3, -0.25) is 4.79 Å². The van der Waals surface area contributed by atoms with Crippen molar-refractivity contribution in [2.75, 3.05) is 27.3 Å². The highest BCUT2D eigenvalue weighted by Gasteiger charge is 2.33. The topological polar surface area (TPSA) is 48.0 Å². The molecule has 0 N–H and O–H groups in total. The molecule has 1 atom stereocenters. The van der Waals surface area contributed by atoms with Crippen molar-refractivity contribution in [3.63, 3.8) is 0 Å². The molecule has 1 unspecified atom stereocenters. The van der Waals surface area contributed by atoms with Crippen LogP contribution in [0.25, 0.3) is 0 Å². The van der Waals surface area contributed by atoms with E-state index in [0.717, 1.165) is 5.56 Å². The van der Waals surface area contributed by atoms with Gasteiger partial charge in [0, 0.05) is 24.7 Å². The van der Waals surface area contributed by atoms with Gasteiger partial charge in [-0.25, -0.2) is 0 Å². The Kier molecular flexibility index (Phi) is 4.96. The van der Waals surface area contributed by atoms with Gasteiger partial charge in [0.1, 0.15) is 11.5 Å². The van der Waals surface area contributed by atoms with Crippen LogP contribution < -0.4 is 9.47 Å². The van der Waals surface area contributed by atoms with Crippen molar-refractivity contribution < 1.29 is 19.0 Å². The second-order valence-corrected chi connectivity index (χ2v) is 6.32. The summed E-state index contributed by atoms with van der Waals surface area (Å²) in [5.74, 6) is 1.48. The third kappa shape index (κ3) is 3.91. The summed E-state index contributed by atoms with van der Waals surface area (Å²) in [5, 5.41) is 0. The molecule has 122 valence electrons. The lowest BCUT2D eigenvalue weighted by Gasteiger charge is -2.41. The van der Waals surface area contributed by atoms with Crippen LogP contribution in [-0.2, 0) is 16.0 Å². The molecule has 1 fully saturated rings. The Morgan fingerprint density at radius 1 is 1.36 bits per heavy atom. The van der Waals surface area contributed by atoms with E-state index in [0.29, 0.717) is 31.0 Å². The summed E-state index contributed by atoms with van der Waals surface area (Å²) >= 11 is 0. The molecule has 1 aliphatic rings. The SMILES string of the molecule is COc1ccc(CC(=O)N2CC(C)OC(C)(C)C2)c(OC)c1. The highest BCUT2D eigenvalue weighted by molar-refractivity contribution is 5.80. The molecular formula is C17H25NO4. The fraction of sp³-hybridized carbons (Fsp3) is 0.588. The first-order chi connectivity index (χ1) is 10.3. The zero-order valence-electron chi connectivity index (χ0n) is 14.0. The number of carbonyl (C=O) groups excluding carboxylic acids is 1. The van der Waals surface area contributed by atoms with Gasteiger partial charge < -0.3 is 19.1 Å². The molecule has 0 saturated carbocycles. The van der Waals surface area contributed by atoms with Crippen molar-refractivity contribution in [1.82, 2.24) is 4.90 Å². The van der Waals surface area contributed by atoms with Crippen molar-refractivity contribution in [2.24, 2.45) is 0 Å². The Labute approximate surface area is 132 Å². The van der Waals surface area contributed by atoms with Gasteiger partial charge in [0.25, 0.3) is 0 Å². The van der Waals surface area contributed by atoms with Gasteiger partial charge in [0.15, 0.2) is 0 Å². The monoisotopic (exact) mass is 307 g/mol. The van der Waals surface area contributed by atoms with Crippen molar-refractivity contribution in [2.45, 2.75) is 38.9 Å². The van der Waals surface area contributed by atoms with E-state index in [4.69, 9.17) is 14.2 Å². The van der Waals surface area contributed by atoms with Crippen molar-refractivity contribution in [3.8, 4) is 11.5 Å². The standard InChI is InChI=1S/C17H25NO4/c1-12-10-18(11-17(2,3)22-12)16(19)8-13-6-7-14(20-4)9-15(13)21-5/h6-7,9,12H,8,10-11H2,1-5H3. The molecule has 2 rings (SSSR count). The van der Waals surface area contributed by atoms with Crippen molar-refractivity contribution in [3.05, 3.63) is 23.8 Å². The molecule has 0 aliphatic carbocycles. The van der Waals surface area contributed by atoms with Gasteiger partial charge >= 0.3 is 0 Å². The molecule has 1 saturated heterocycles. The van der Waals surface area contributed by atoms with E-state index in [9.17, 15) is 4.79 Å². The summed E-state index contributed by atoms with van der Waals surface area (Å²) in [6.45, 7) is 7.25. The van der Waals surface area contributed by atoms with Crippen LogP contribution in [0.1, 0.15) is 26.3 Å². The average molecular weight is 307 g/mol. The van der Waals surface area contributed by atoms with Gasteiger partial charge in [-0.2, -0.15) is 0 Å². The minimum atomic E-state index is -0.308. The fourth-order valence-electron chi connectivity index (χ4n) is 2.92. The summed E-state index contributed by atoms with van der Waals surface area (Å²) < 4.78 is 16.4. The van der Waals surface area contributed by atoms with Crippen LogP contribution >= 0.6 is 0 Å². The van der Waals surface area contributed by atoms with Crippen molar-refractivity contribution in [1.29, 1.82) is 0 Å². The normalized spacial score (nSPS) is 20.6. The van der Waals surface area contributed by atoms with Crippen molar-refractivity contribution >= 4 is 5.91 Å². The predicted molar refractivity (Wildman–Crippen MR) is 84.5 cm³/mol. The van der Waals surface area contributed by atoms with E-state index in [1.807, 2.05) is 37.8 Å². The number of rotatable bonds is 4. The molecule has 1 amide bonds. The van der Waals surface area contributed by atoms with E-state index in [2.05, 4.69) is 0 Å². The summed E-state index contributed by atoms with van der Waals surface area (Å²) in [6, 6.07) is 5.52. The largest absolute Gasteiger partial charge is 0.497 e. The summed E-state index contributed by atoms with van der Waals surface area (Å²) in [5.41, 5.74) is 0.558. The van der Waals surface area contributed by atoms with E-state index < -0.39 is 0 Å². The lowest BCUT2D eigenvalue weighted by molar-refractivity contribution is -0.157. The third-order valence-electron chi connectivity index (χ3n) is 3.76. The number of amides is 1. The predicted octanol–water partition coefficient (Wildman–Crippen LogP) is 2.27. The van der Waals surface area contributed by atoms with Gasteiger partial charge in [0.2, 0.25) is 5.91 Å². The molecule has 1 aromatic rings. The number of morpholine rings is 1.